The summed E-state index contributed by atoms with van der Waals surface area (Å²) >= 11 is 0. The molecule has 0 saturated heterocycles. The lowest BCUT2D eigenvalue weighted by Crippen LogP contribution is -2.45. The van der Waals surface area contributed by atoms with Crippen molar-refractivity contribution in [3.05, 3.63) is 59.2 Å². The number of aromatic nitrogens is 2. The molecule has 0 aliphatic carbocycles. The topological polar surface area (TPSA) is 50.2 Å². The maximum absolute atomic E-state index is 12.8. The van der Waals surface area contributed by atoms with Gasteiger partial charge in [0, 0.05) is 18.7 Å². The third kappa shape index (κ3) is 2.47. The molecule has 2 aromatic rings. The van der Waals surface area contributed by atoms with Crippen molar-refractivity contribution < 1.29 is 4.79 Å². The molecule has 1 N–H and O–H groups in total. The highest BCUT2D eigenvalue weighted by Gasteiger charge is 2.26. The molecule has 1 aromatic carbocycles. The molecule has 0 radical (unpaired) electrons. The van der Waals surface area contributed by atoms with Crippen LogP contribution >= 0.6 is 0 Å². The van der Waals surface area contributed by atoms with Gasteiger partial charge < -0.3 is 5.32 Å². The Morgan fingerprint density at radius 2 is 2.13 bits per heavy atom. The van der Waals surface area contributed by atoms with E-state index < -0.39 is 0 Å². The minimum Gasteiger partial charge on any atom is -0.312 e. The number of hydrogen-bond acceptors (Lipinski definition) is 3. The molecule has 1 aromatic heterocycles. The number of rotatable bonds is 2. The van der Waals surface area contributed by atoms with Gasteiger partial charge in [-0.15, -0.1) is 0 Å². The Balaban J connectivity index is 1.68. The summed E-state index contributed by atoms with van der Waals surface area (Å²) in [5.41, 5.74) is 4.10. The fourth-order valence-corrected chi connectivity index (χ4v) is 3.32. The van der Waals surface area contributed by atoms with Crippen LogP contribution in [0.4, 0.5) is 0 Å². The molecule has 0 unspecified atom stereocenters. The smallest absolute Gasteiger partial charge is 0.273 e. The molecule has 2 aliphatic heterocycles. The van der Waals surface area contributed by atoms with Crippen LogP contribution in [-0.2, 0) is 6.42 Å². The van der Waals surface area contributed by atoms with Crippen molar-refractivity contribution in [3.63, 3.8) is 0 Å². The average Bonchev–Trinajstić information content (AvgIpc) is 2.98. The summed E-state index contributed by atoms with van der Waals surface area (Å²) in [6, 6.07) is 7.86. The number of aryl methyl sites for hydroxylation is 1. The van der Waals surface area contributed by atoms with Gasteiger partial charge in [0.25, 0.3) is 5.91 Å². The van der Waals surface area contributed by atoms with E-state index in [4.69, 9.17) is 0 Å². The van der Waals surface area contributed by atoms with E-state index in [1.807, 2.05) is 42.1 Å². The fraction of sp³-hybridized carbons (Fsp3) is 0.333. The second-order valence-corrected chi connectivity index (χ2v) is 6.05. The first-order valence-corrected chi connectivity index (χ1v) is 8.10. The van der Waals surface area contributed by atoms with Gasteiger partial charge in [0.15, 0.2) is 0 Å². The van der Waals surface area contributed by atoms with Crippen molar-refractivity contribution in [2.45, 2.75) is 19.8 Å². The molecule has 0 bridgehead atoms. The molecule has 0 atom stereocenters. The van der Waals surface area contributed by atoms with Crippen LogP contribution in [0.15, 0.2) is 36.5 Å². The zero-order valence-electron chi connectivity index (χ0n) is 13.2. The molecule has 5 nitrogen and oxygen atoms in total. The Labute approximate surface area is 135 Å². The van der Waals surface area contributed by atoms with Gasteiger partial charge in [-0.05, 0) is 43.5 Å². The summed E-state index contributed by atoms with van der Waals surface area (Å²) in [4.78, 5) is 17.5. The molecule has 0 spiro atoms. The van der Waals surface area contributed by atoms with Crippen molar-refractivity contribution in [3.8, 4) is 0 Å². The number of nitrogens with one attached hydrogen (secondary N) is 1. The number of imidazole rings is 1. The molecule has 0 fully saturated rings. The molecular formula is C18H20N4O. The van der Waals surface area contributed by atoms with Crippen molar-refractivity contribution in [1.82, 2.24) is 15.0 Å². The highest BCUT2D eigenvalue weighted by molar-refractivity contribution is 6.03. The fourth-order valence-electron chi connectivity index (χ4n) is 3.32. The third-order valence-corrected chi connectivity index (χ3v) is 4.55. The van der Waals surface area contributed by atoms with Crippen molar-refractivity contribution in [1.29, 1.82) is 0 Å². The maximum Gasteiger partial charge on any atom is 0.273 e. The molecule has 23 heavy (non-hydrogen) atoms. The number of fused-ring (bicyclic) bond motifs is 1. The predicted molar refractivity (Wildman–Crippen MR) is 90.0 cm³/mol. The van der Waals surface area contributed by atoms with Gasteiger partial charge in [-0.2, -0.15) is 0 Å². The van der Waals surface area contributed by atoms with Crippen LogP contribution in [0.25, 0.3) is 5.57 Å². The van der Waals surface area contributed by atoms with E-state index in [1.165, 1.54) is 5.57 Å². The molecule has 5 heteroatoms. The van der Waals surface area contributed by atoms with Crippen molar-refractivity contribution in [2.75, 3.05) is 24.6 Å². The number of amides is 1. The first kappa shape index (κ1) is 14.2. The second-order valence-electron chi connectivity index (χ2n) is 6.05. The third-order valence-electron chi connectivity index (χ3n) is 4.55. The summed E-state index contributed by atoms with van der Waals surface area (Å²) in [6.45, 7) is 4.50. The van der Waals surface area contributed by atoms with E-state index in [2.05, 4.69) is 16.4 Å². The zero-order valence-corrected chi connectivity index (χ0v) is 13.2. The van der Waals surface area contributed by atoms with Gasteiger partial charge in [-0.3, -0.25) is 4.79 Å². The van der Waals surface area contributed by atoms with Crippen LogP contribution < -0.4 is 10.3 Å². The van der Waals surface area contributed by atoms with E-state index in [-0.39, 0.29) is 5.91 Å². The van der Waals surface area contributed by atoms with Crippen LogP contribution in [0.3, 0.4) is 0 Å². The monoisotopic (exact) mass is 308 g/mol. The second kappa shape index (κ2) is 5.66. The first-order valence-electron chi connectivity index (χ1n) is 8.10. The summed E-state index contributed by atoms with van der Waals surface area (Å²) in [7, 11) is 0. The van der Waals surface area contributed by atoms with Crippen LogP contribution in [-0.4, -0.2) is 35.2 Å². The summed E-state index contributed by atoms with van der Waals surface area (Å²) in [5.74, 6) is 0.897. The molecule has 4 rings (SSSR count). The van der Waals surface area contributed by atoms with E-state index in [9.17, 15) is 4.79 Å². The van der Waals surface area contributed by atoms with Gasteiger partial charge >= 0.3 is 0 Å². The van der Waals surface area contributed by atoms with Gasteiger partial charge in [0.1, 0.15) is 5.82 Å². The molecule has 2 aliphatic rings. The van der Waals surface area contributed by atoms with Gasteiger partial charge in [0.2, 0.25) is 0 Å². The zero-order chi connectivity index (χ0) is 15.8. The van der Waals surface area contributed by atoms with Crippen LogP contribution in [0, 0.1) is 6.92 Å². The molecular weight excluding hydrogens is 288 g/mol. The minimum atomic E-state index is 0.0506. The van der Waals surface area contributed by atoms with E-state index in [1.54, 1.807) is 5.01 Å². The highest BCUT2D eigenvalue weighted by Crippen LogP contribution is 2.21. The normalized spacial score (nSPS) is 17.9. The van der Waals surface area contributed by atoms with Crippen molar-refractivity contribution >= 4 is 11.5 Å². The Hall–Kier alpha value is -2.40. The Morgan fingerprint density at radius 3 is 2.96 bits per heavy atom. The minimum absolute atomic E-state index is 0.0506. The van der Waals surface area contributed by atoms with E-state index in [0.717, 1.165) is 48.6 Å². The Kier molecular flexibility index (Phi) is 3.50. The Bertz CT molecular complexity index is 790. The lowest BCUT2D eigenvalue weighted by Gasteiger charge is -2.29. The molecule has 1 amide bonds. The number of nitrogens with zero attached hydrogens (tertiary/aromatic N) is 3. The number of benzene rings is 1. The van der Waals surface area contributed by atoms with E-state index in [0.29, 0.717) is 6.54 Å². The SMILES string of the molecule is Cc1nc(C2=CCCNC2)cn1N1CCc2ccccc2C1=O. The van der Waals surface area contributed by atoms with Crippen LogP contribution in [0.2, 0.25) is 0 Å². The first-order chi connectivity index (χ1) is 11.2. The van der Waals surface area contributed by atoms with Crippen LogP contribution in [0.5, 0.6) is 0 Å². The van der Waals surface area contributed by atoms with Crippen LogP contribution in [0.1, 0.15) is 33.9 Å². The lowest BCUT2D eigenvalue weighted by molar-refractivity contribution is 0.0950. The van der Waals surface area contributed by atoms with Gasteiger partial charge in [0.05, 0.1) is 11.9 Å². The quantitative estimate of drug-likeness (QED) is 0.922. The average molecular weight is 308 g/mol. The molecule has 118 valence electrons. The maximum atomic E-state index is 12.8. The Morgan fingerprint density at radius 1 is 1.26 bits per heavy atom. The largest absolute Gasteiger partial charge is 0.312 e. The summed E-state index contributed by atoms with van der Waals surface area (Å²) in [6.07, 6.45) is 6.12. The van der Waals surface area contributed by atoms with Gasteiger partial charge in [-0.25, -0.2) is 14.7 Å². The van der Waals surface area contributed by atoms with Gasteiger partial charge in [-0.1, -0.05) is 24.3 Å². The summed E-state index contributed by atoms with van der Waals surface area (Å²) < 4.78 is 1.91. The highest BCUT2D eigenvalue weighted by atomic mass is 16.2. The molecule has 0 saturated carbocycles. The number of hydrogen-bond donors (Lipinski definition) is 1. The van der Waals surface area contributed by atoms with Crippen molar-refractivity contribution in [2.24, 2.45) is 0 Å². The summed E-state index contributed by atoms with van der Waals surface area (Å²) in [5, 5.41) is 5.16. The standard InChI is InChI=1S/C18H20N4O/c1-13-20-17(15-6-4-9-19-11-15)12-22(13)21-10-8-14-5-2-3-7-16(14)18(21)23/h2-3,5-7,12,19H,4,8-11H2,1H3. The molecule has 3 heterocycles. The predicted octanol–water partition coefficient (Wildman–Crippen LogP) is 1.90. The number of carbonyl (C=O) groups excluding carboxylic acids is 1. The van der Waals surface area contributed by atoms with E-state index >= 15 is 0 Å². The number of carbonyl (C=O) groups is 1. The lowest BCUT2D eigenvalue weighted by atomic mass is 10.0.